The predicted octanol–water partition coefficient (Wildman–Crippen LogP) is 2.93. The van der Waals surface area contributed by atoms with Gasteiger partial charge in [0.2, 0.25) is 0 Å². The van der Waals surface area contributed by atoms with Crippen molar-refractivity contribution >= 4 is 44.6 Å². The van der Waals surface area contributed by atoms with E-state index in [4.69, 9.17) is 11.6 Å². The van der Waals surface area contributed by atoms with Gasteiger partial charge in [0.25, 0.3) is 5.91 Å². The summed E-state index contributed by atoms with van der Waals surface area (Å²) in [5.41, 5.74) is 1.45. The molecule has 1 saturated heterocycles. The molecule has 2 fully saturated rings. The molecule has 1 aromatic heterocycles. The molecular formula is C21H26ClN5O2S. The van der Waals surface area contributed by atoms with E-state index in [1.54, 1.807) is 29.5 Å². The molecule has 0 aromatic carbocycles. The predicted molar refractivity (Wildman–Crippen MR) is 123 cm³/mol. The average Bonchev–Trinajstić information content (AvgIpc) is 3.52. The molecule has 1 saturated carbocycles. The molecule has 9 heteroatoms. The smallest absolute Gasteiger partial charge is 0.295 e. The number of nitrogens with one attached hydrogen (secondary N) is 1. The average molecular weight is 448 g/mol. The van der Waals surface area contributed by atoms with Gasteiger partial charge < -0.3 is 5.32 Å². The van der Waals surface area contributed by atoms with Crippen LogP contribution in [-0.4, -0.2) is 49.8 Å². The van der Waals surface area contributed by atoms with Crippen molar-refractivity contribution in [2.24, 2.45) is 15.9 Å². The number of aromatic nitrogens is 1. The van der Waals surface area contributed by atoms with Crippen molar-refractivity contribution in [2.45, 2.75) is 44.3 Å². The van der Waals surface area contributed by atoms with Crippen LogP contribution >= 0.6 is 11.6 Å². The van der Waals surface area contributed by atoms with Crippen molar-refractivity contribution in [3.63, 3.8) is 0 Å². The zero-order valence-corrected chi connectivity index (χ0v) is 19.0. The van der Waals surface area contributed by atoms with Crippen molar-refractivity contribution < 1.29 is 9.00 Å². The molecule has 0 spiro atoms. The van der Waals surface area contributed by atoms with E-state index in [1.165, 1.54) is 0 Å². The number of carbonyl (C=O) groups is 1. The van der Waals surface area contributed by atoms with Crippen LogP contribution in [0.1, 0.15) is 32.3 Å². The third-order valence-corrected chi connectivity index (χ3v) is 6.24. The number of carbonyl (C=O) groups excluding carboxylic acids is 1. The molecule has 0 bridgehead atoms. The molecule has 1 aromatic rings. The first-order valence-electron chi connectivity index (χ1n) is 9.63. The van der Waals surface area contributed by atoms with Crippen LogP contribution in [0.25, 0.3) is 0 Å². The van der Waals surface area contributed by atoms with Crippen LogP contribution in [0.5, 0.6) is 0 Å². The molecule has 1 aliphatic carbocycles. The van der Waals surface area contributed by atoms with Gasteiger partial charge in [0.1, 0.15) is 10.2 Å². The number of aliphatic imine (C=N–C) groups is 2. The normalized spacial score (nSPS) is 24.1. The van der Waals surface area contributed by atoms with Gasteiger partial charge in [-0.2, -0.15) is 0 Å². The lowest BCUT2D eigenvalue weighted by Crippen LogP contribution is -2.57. The number of hydrogen-bond acceptors (Lipinski definition) is 5. The van der Waals surface area contributed by atoms with E-state index in [0.29, 0.717) is 22.5 Å². The Balaban J connectivity index is 1.89. The van der Waals surface area contributed by atoms with Crippen LogP contribution in [0.3, 0.4) is 0 Å². The summed E-state index contributed by atoms with van der Waals surface area (Å²) in [5, 5.41) is 3.62. The van der Waals surface area contributed by atoms with Crippen LogP contribution < -0.4 is 5.32 Å². The van der Waals surface area contributed by atoms with Crippen LogP contribution in [0.15, 0.2) is 56.8 Å². The number of pyridine rings is 1. The number of rotatable bonds is 6. The van der Waals surface area contributed by atoms with Crippen LogP contribution in [0, 0.1) is 5.92 Å². The van der Waals surface area contributed by atoms with E-state index in [1.807, 2.05) is 19.9 Å². The summed E-state index contributed by atoms with van der Waals surface area (Å²) in [7, 11) is -2.37. The second-order valence-electron chi connectivity index (χ2n) is 7.57. The molecule has 7 nitrogen and oxygen atoms in total. The van der Waals surface area contributed by atoms with Crippen LogP contribution in [0.4, 0.5) is 0 Å². The molecule has 160 valence electrons. The summed E-state index contributed by atoms with van der Waals surface area (Å²) in [6, 6.07) is 3.45. The van der Waals surface area contributed by atoms with Crippen LogP contribution in [0.2, 0.25) is 0 Å². The van der Waals surface area contributed by atoms with Gasteiger partial charge in [-0.3, -0.25) is 18.9 Å². The van der Waals surface area contributed by atoms with E-state index >= 15 is 0 Å². The lowest BCUT2D eigenvalue weighted by molar-refractivity contribution is -0.122. The van der Waals surface area contributed by atoms with Gasteiger partial charge in [0, 0.05) is 28.0 Å². The Hall–Kier alpha value is -2.45. The van der Waals surface area contributed by atoms with Gasteiger partial charge in [-0.15, -0.1) is 0 Å². The van der Waals surface area contributed by atoms with Gasteiger partial charge >= 0.3 is 0 Å². The van der Waals surface area contributed by atoms with E-state index in [9.17, 15) is 9.00 Å². The van der Waals surface area contributed by atoms with E-state index in [2.05, 4.69) is 32.7 Å². The minimum Gasteiger partial charge on any atom is -0.333 e. The molecule has 1 N–H and O–H groups in total. The number of hydrogen-bond donors (Lipinski definition) is 1. The zero-order chi connectivity index (χ0) is 22.1. The minimum absolute atomic E-state index is 0.0229. The molecule has 2 heterocycles. The third kappa shape index (κ3) is 4.99. The highest BCUT2D eigenvalue weighted by atomic mass is 35.5. The Morgan fingerprint density at radius 2 is 2.20 bits per heavy atom. The first kappa shape index (κ1) is 22.2. The minimum atomic E-state index is -2.37. The number of halogens is 1. The SMILES string of the molecule is C=C(Cl)/N=C1\C(=C/C)NC(=NCc2ccc(S(=C)(C)=O)nc2)C(=O)N1C(C)C1CC1. The standard InChI is InChI=1S/C21H26ClN5O2S/c1-6-17-20(25-14(3)22)27(13(2)16-8-9-16)21(28)19(26-17)24-12-15-7-10-18(23-11-15)30(4,5)29/h6-7,10-11,13,16H,3-4,8-9,12H2,1-2,5H3,(H,24,26)/b17-6+,25-20+. The van der Waals surface area contributed by atoms with Crippen molar-refractivity contribution in [2.75, 3.05) is 6.26 Å². The fourth-order valence-corrected chi connectivity index (χ4v) is 3.92. The molecule has 1 aliphatic heterocycles. The van der Waals surface area contributed by atoms with Crippen molar-refractivity contribution in [3.05, 3.63) is 47.4 Å². The van der Waals surface area contributed by atoms with E-state index in [-0.39, 0.29) is 29.5 Å². The largest absolute Gasteiger partial charge is 0.333 e. The topological polar surface area (TPSA) is 87.0 Å². The second kappa shape index (κ2) is 8.73. The lowest BCUT2D eigenvalue weighted by Gasteiger charge is -2.36. The maximum absolute atomic E-state index is 13.2. The van der Waals surface area contributed by atoms with Crippen molar-refractivity contribution in [1.29, 1.82) is 0 Å². The molecule has 3 rings (SSSR count). The van der Waals surface area contributed by atoms with Crippen molar-refractivity contribution in [1.82, 2.24) is 15.2 Å². The summed E-state index contributed by atoms with van der Waals surface area (Å²) < 4.78 is 12.0. The molecule has 30 heavy (non-hydrogen) atoms. The third-order valence-electron chi connectivity index (χ3n) is 5.03. The summed E-state index contributed by atoms with van der Waals surface area (Å²) in [4.78, 5) is 27.9. The van der Waals surface area contributed by atoms with Gasteiger partial charge in [0.15, 0.2) is 11.7 Å². The Bertz CT molecular complexity index is 1050. The fourth-order valence-electron chi connectivity index (χ4n) is 3.21. The molecule has 2 atom stereocenters. The number of piperazine rings is 1. The number of amidine groups is 2. The van der Waals surface area contributed by atoms with Gasteiger partial charge in [0.05, 0.1) is 12.2 Å². The van der Waals surface area contributed by atoms with Gasteiger partial charge in [-0.25, -0.2) is 9.98 Å². The second-order valence-corrected chi connectivity index (χ2v) is 10.4. The highest BCUT2D eigenvalue weighted by molar-refractivity contribution is 7.99. The monoisotopic (exact) mass is 447 g/mol. The first-order valence-corrected chi connectivity index (χ1v) is 12.1. The summed E-state index contributed by atoms with van der Waals surface area (Å²) in [6.45, 7) is 7.76. The summed E-state index contributed by atoms with van der Waals surface area (Å²) >= 11 is 5.93. The maximum atomic E-state index is 13.2. The van der Waals surface area contributed by atoms with E-state index in [0.717, 1.165) is 18.4 Å². The highest BCUT2D eigenvalue weighted by Gasteiger charge is 2.41. The van der Waals surface area contributed by atoms with Crippen molar-refractivity contribution in [3.8, 4) is 0 Å². The molecule has 2 aliphatic rings. The highest BCUT2D eigenvalue weighted by Crippen LogP contribution is 2.36. The Kier molecular flexibility index (Phi) is 6.47. The lowest BCUT2D eigenvalue weighted by atomic mass is 10.1. The quantitative estimate of drug-likeness (QED) is 0.536. The zero-order valence-electron chi connectivity index (χ0n) is 17.4. The number of allylic oxidation sites excluding steroid dienone is 1. The Labute approximate surface area is 182 Å². The van der Waals surface area contributed by atoms with Gasteiger partial charge in [-0.1, -0.05) is 30.3 Å². The fraction of sp³-hybridized carbons (Fsp3) is 0.381. The Morgan fingerprint density at radius 1 is 1.50 bits per heavy atom. The summed E-state index contributed by atoms with van der Waals surface area (Å²) in [6.07, 6.45) is 7.14. The first-order chi connectivity index (χ1) is 14.1. The molecule has 0 radical (unpaired) electrons. The van der Waals surface area contributed by atoms with Gasteiger partial charge in [-0.05, 0) is 50.1 Å². The number of amides is 1. The maximum Gasteiger partial charge on any atom is 0.295 e. The Morgan fingerprint density at radius 3 is 2.70 bits per heavy atom. The molecule has 2 unspecified atom stereocenters. The van der Waals surface area contributed by atoms with Crippen LogP contribution in [-0.2, 0) is 20.9 Å². The van der Waals surface area contributed by atoms with E-state index < -0.39 is 9.52 Å². The summed E-state index contributed by atoms with van der Waals surface area (Å²) in [5.74, 6) is 4.50. The molecule has 1 amide bonds. The number of nitrogens with zero attached hydrogens (tertiary/aromatic N) is 4. The molecular weight excluding hydrogens is 422 g/mol.